The van der Waals surface area contributed by atoms with E-state index in [1.807, 2.05) is 18.4 Å². The average molecular weight is 309 g/mol. The molecule has 1 aliphatic rings. The van der Waals surface area contributed by atoms with Gasteiger partial charge in [0.2, 0.25) is 10.0 Å². The van der Waals surface area contributed by atoms with E-state index in [-0.39, 0.29) is 10.9 Å². The minimum atomic E-state index is -3.53. The van der Waals surface area contributed by atoms with Crippen molar-refractivity contribution in [3.8, 4) is 0 Å². The van der Waals surface area contributed by atoms with Crippen molar-refractivity contribution in [2.24, 2.45) is 0 Å². The van der Waals surface area contributed by atoms with Crippen molar-refractivity contribution in [1.82, 2.24) is 9.29 Å². The van der Waals surface area contributed by atoms with Gasteiger partial charge in [0, 0.05) is 23.7 Å². The van der Waals surface area contributed by atoms with Gasteiger partial charge in [-0.25, -0.2) is 13.4 Å². The van der Waals surface area contributed by atoms with Crippen LogP contribution >= 0.6 is 11.3 Å². The summed E-state index contributed by atoms with van der Waals surface area (Å²) in [6, 6.07) is 4.88. The fraction of sp³-hybridized carbons (Fsp3) is 0.308. The molecule has 0 fully saturated rings. The molecule has 2 aromatic heterocycles. The zero-order valence-corrected chi connectivity index (χ0v) is 12.6. The molecule has 2 N–H and O–H groups in total. The first kappa shape index (κ1) is 13.5. The molecule has 1 atom stereocenters. The second-order valence-electron chi connectivity index (χ2n) is 4.76. The van der Waals surface area contributed by atoms with E-state index in [9.17, 15) is 8.42 Å². The Morgan fingerprint density at radius 1 is 1.40 bits per heavy atom. The molecule has 20 heavy (non-hydrogen) atoms. The van der Waals surface area contributed by atoms with Crippen LogP contribution in [0.4, 0.5) is 5.82 Å². The molecular weight excluding hydrogens is 294 g/mol. The van der Waals surface area contributed by atoms with Crippen molar-refractivity contribution in [1.29, 1.82) is 0 Å². The molecule has 0 spiro atoms. The molecule has 5 nitrogen and oxygen atoms in total. The van der Waals surface area contributed by atoms with Gasteiger partial charge in [0.15, 0.2) is 0 Å². The number of sulfonamides is 1. The van der Waals surface area contributed by atoms with Crippen LogP contribution in [0.3, 0.4) is 0 Å². The molecule has 1 unspecified atom stereocenters. The Kier molecular flexibility index (Phi) is 3.27. The number of nitrogens with two attached hydrogens (primary N) is 1. The zero-order valence-electron chi connectivity index (χ0n) is 11.0. The number of nitrogen functional groups attached to an aromatic ring is 1. The fourth-order valence-electron chi connectivity index (χ4n) is 2.49. The van der Waals surface area contributed by atoms with Crippen LogP contribution in [0.25, 0.3) is 0 Å². The highest BCUT2D eigenvalue weighted by Gasteiger charge is 2.34. The smallest absolute Gasteiger partial charge is 0.245 e. The van der Waals surface area contributed by atoms with Crippen LogP contribution in [0.2, 0.25) is 0 Å². The van der Waals surface area contributed by atoms with Crippen molar-refractivity contribution in [2.75, 3.05) is 12.3 Å². The van der Waals surface area contributed by atoms with Gasteiger partial charge in [-0.05, 0) is 42.5 Å². The number of nitrogens with zero attached hydrogens (tertiary/aromatic N) is 2. The molecular formula is C13H15N3O2S2. The summed E-state index contributed by atoms with van der Waals surface area (Å²) < 4.78 is 26.9. The molecule has 1 aliphatic heterocycles. The number of rotatable bonds is 2. The average Bonchev–Trinajstić information content (AvgIpc) is 2.88. The summed E-state index contributed by atoms with van der Waals surface area (Å²) in [7, 11) is -3.53. The Morgan fingerprint density at radius 3 is 2.90 bits per heavy atom. The maximum absolute atomic E-state index is 12.7. The minimum Gasteiger partial charge on any atom is -0.384 e. The van der Waals surface area contributed by atoms with Crippen LogP contribution in [0.15, 0.2) is 34.7 Å². The van der Waals surface area contributed by atoms with Crippen molar-refractivity contribution >= 4 is 27.2 Å². The number of hydrogen-bond acceptors (Lipinski definition) is 5. The molecule has 0 bridgehead atoms. The van der Waals surface area contributed by atoms with Crippen LogP contribution in [0, 0.1) is 0 Å². The summed E-state index contributed by atoms with van der Waals surface area (Å²) in [5.41, 5.74) is 6.61. The number of anilines is 1. The summed E-state index contributed by atoms with van der Waals surface area (Å²) in [6.45, 7) is 2.42. The van der Waals surface area contributed by atoms with Crippen LogP contribution in [0.1, 0.15) is 23.4 Å². The van der Waals surface area contributed by atoms with E-state index in [1.165, 1.54) is 27.5 Å². The highest BCUT2D eigenvalue weighted by molar-refractivity contribution is 7.89. The fourth-order valence-corrected chi connectivity index (χ4v) is 5.02. The molecule has 0 aliphatic carbocycles. The van der Waals surface area contributed by atoms with Crippen LogP contribution < -0.4 is 5.73 Å². The maximum Gasteiger partial charge on any atom is 0.245 e. The van der Waals surface area contributed by atoms with Crippen molar-refractivity contribution in [2.45, 2.75) is 24.3 Å². The van der Waals surface area contributed by atoms with E-state index in [4.69, 9.17) is 5.73 Å². The van der Waals surface area contributed by atoms with Gasteiger partial charge in [-0.1, -0.05) is 0 Å². The van der Waals surface area contributed by atoms with Crippen LogP contribution in [-0.2, 0) is 16.4 Å². The van der Waals surface area contributed by atoms with Crippen molar-refractivity contribution in [3.05, 3.63) is 40.2 Å². The predicted molar refractivity (Wildman–Crippen MR) is 79.0 cm³/mol. The molecule has 7 heteroatoms. The van der Waals surface area contributed by atoms with Gasteiger partial charge in [-0.15, -0.1) is 11.3 Å². The minimum absolute atomic E-state index is 0.146. The standard InChI is InChI=1S/C13H15N3O2S2/c1-9-11-5-7-19-12(11)4-6-16(9)20(17,18)10-2-3-13(14)15-8-10/h2-3,5,7-9H,4,6H2,1H3,(H2,14,15). The van der Waals surface area contributed by atoms with E-state index in [2.05, 4.69) is 4.98 Å². The van der Waals surface area contributed by atoms with Gasteiger partial charge in [-0.3, -0.25) is 0 Å². The molecule has 3 rings (SSSR count). The van der Waals surface area contributed by atoms with Gasteiger partial charge in [-0.2, -0.15) is 4.31 Å². The second kappa shape index (κ2) is 4.83. The molecule has 0 amide bonds. The largest absolute Gasteiger partial charge is 0.384 e. The molecule has 3 heterocycles. The topological polar surface area (TPSA) is 76.3 Å². The van der Waals surface area contributed by atoms with E-state index < -0.39 is 10.0 Å². The van der Waals surface area contributed by atoms with Gasteiger partial charge >= 0.3 is 0 Å². The number of thiophene rings is 1. The molecule has 2 aromatic rings. The number of aromatic nitrogens is 1. The Balaban J connectivity index is 1.99. The first-order chi connectivity index (χ1) is 9.50. The summed E-state index contributed by atoms with van der Waals surface area (Å²) in [6.07, 6.45) is 2.08. The lowest BCUT2D eigenvalue weighted by Gasteiger charge is -2.32. The van der Waals surface area contributed by atoms with Crippen LogP contribution in [0.5, 0.6) is 0 Å². The third kappa shape index (κ3) is 2.11. The first-order valence-electron chi connectivity index (χ1n) is 6.30. The summed E-state index contributed by atoms with van der Waals surface area (Å²) in [5, 5.41) is 2.02. The summed E-state index contributed by atoms with van der Waals surface area (Å²) in [5.74, 6) is 0.316. The maximum atomic E-state index is 12.7. The van der Waals surface area contributed by atoms with E-state index in [0.29, 0.717) is 12.4 Å². The highest BCUT2D eigenvalue weighted by atomic mass is 32.2. The van der Waals surface area contributed by atoms with Gasteiger partial charge in [0.05, 0.1) is 0 Å². The lowest BCUT2D eigenvalue weighted by Crippen LogP contribution is -2.38. The SMILES string of the molecule is CC1c2ccsc2CCN1S(=O)(=O)c1ccc(N)nc1. The first-order valence-corrected chi connectivity index (χ1v) is 8.62. The Hall–Kier alpha value is -1.44. The molecule has 0 saturated heterocycles. The van der Waals surface area contributed by atoms with E-state index in [0.717, 1.165) is 12.0 Å². The lowest BCUT2D eigenvalue weighted by atomic mass is 10.0. The molecule has 0 aromatic carbocycles. The van der Waals surface area contributed by atoms with Gasteiger partial charge < -0.3 is 5.73 Å². The Bertz CT molecular complexity index is 722. The van der Waals surface area contributed by atoms with E-state index in [1.54, 1.807) is 11.3 Å². The monoisotopic (exact) mass is 309 g/mol. The molecule has 0 saturated carbocycles. The Morgan fingerprint density at radius 2 is 2.20 bits per heavy atom. The lowest BCUT2D eigenvalue weighted by molar-refractivity contribution is 0.329. The quantitative estimate of drug-likeness (QED) is 0.921. The Labute approximate surface area is 122 Å². The second-order valence-corrected chi connectivity index (χ2v) is 7.65. The number of pyridine rings is 1. The van der Waals surface area contributed by atoms with Crippen molar-refractivity contribution in [3.63, 3.8) is 0 Å². The number of fused-ring (bicyclic) bond motifs is 1. The highest BCUT2D eigenvalue weighted by Crippen LogP contribution is 2.36. The molecule has 106 valence electrons. The summed E-state index contributed by atoms with van der Waals surface area (Å²) >= 11 is 1.69. The van der Waals surface area contributed by atoms with Crippen molar-refractivity contribution < 1.29 is 8.42 Å². The third-order valence-electron chi connectivity index (χ3n) is 3.59. The van der Waals surface area contributed by atoms with Gasteiger partial charge in [0.1, 0.15) is 10.7 Å². The predicted octanol–water partition coefficient (Wildman–Crippen LogP) is 2.03. The molecule has 0 radical (unpaired) electrons. The zero-order chi connectivity index (χ0) is 14.3. The van der Waals surface area contributed by atoms with Crippen LogP contribution in [-0.4, -0.2) is 24.3 Å². The third-order valence-corrected chi connectivity index (χ3v) is 6.54. The van der Waals surface area contributed by atoms with E-state index >= 15 is 0 Å². The number of hydrogen-bond donors (Lipinski definition) is 1. The summed E-state index contributed by atoms with van der Waals surface area (Å²) in [4.78, 5) is 5.34. The van der Waals surface area contributed by atoms with Gasteiger partial charge in [0.25, 0.3) is 0 Å². The normalized spacial score (nSPS) is 19.8.